The second-order valence-electron chi connectivity index (χ2n) is 5.67. The number of aliphatic carboxylic acids is 1. The second kappa shape index (κ2) is 8.74. The molecule has 1 N–H and O–H groups in total. The van der Waals surface area contributed by atoms with Crippen molar-refractivity contribution in [2.45, 2.75) is 19.4 Å². The predicted octanol–water partition coefficient (Wildman–Crippen LogP) is 1.55. The molecule has 1 unspecified atom stereocenters. The van der Waals surface area contributed by atoms with Crippen molar-refractivity contribution in [1.82, 2.24) is 9.80 Å². The fourth-order valence-corrected chi connectivity index (χ4v) is 2.87. The van der Waals surface area contributed by atoms with Crippen LogP contribution in [0.5, 0.6) is 11.5 Å². The molecule has 0 bridgehead atoms. The normalized spacial score (nSPS) is 17.7. The second-order valence-corrected chi connectivity index (χ2v) is 5.67. The molecule has 0 radical (unpaired) electrons. The van der Waals surface area contributed by atoms with E-state index in [9.17, 15) is 9.90 Å². The lowest BCUT2D eigenvalue weighted by Crippen LogP contribution is -2.53. The Bertz CT molecular complexity index is 501. The molecular formula is C17H26N2O4. The molecule has 6 nitrogen and oxygen atoms in total. The van der Waals surface area contributed by atoms with Crippen LogP contribution in [0.1, 0.15) is 13.3 Å². The zero-order chi connectivity index (χ0) is 16.7. The van der Waals surface area contributed by atoms with Crippen molar-refractivity contribution < 1.29 is 19.4 Å². The summed E-state index contributed by atoms with van der Waals surface area (Å²) >= 11 is 0. The molecule has 0 spiro atoms. The number of methoxy groups -OCH3 is 1. The van der Waals surface area contributed by atoms with E-state index in [0.29, 0.717) is 13.0 Å². The number of piperazine rings is 1. The number of hydrogen-bond donors (Lipinski definition) is 1. The van der Waals surface area contributed by atoms with Crippen molar-refractivity contribution in [2.75, 3.05) is 46.4 Å². The minimum absolute atomic E-state index is 0.356. The van der Waals surface area contributed by atoms with E-state index in [0.717, 1.165) is 44.2 Å². The molecule has 1 fully saturated rings. The van der Waals surface area contributed by atoms with E-state index in [1.807, 2.05) is 31.2 Å². The Hall–Kier alpha value is -1.79. The van der Waals surface area contributed by atoms with Gasteiger partial charge >= 0.3 is 5.97 Å². The van der Waals surface area contributed by atoms with Gasteiger partial charge in [-0.05, 0) is 18.6 Å². The highest BCUT2D eigenvalue weighted by Gasteiger charge is 2.27. The molecule has 1 aromatic carbocycles. The van der Waals surface area contributed by atoms with Crippen molar-refractivity contribution in [3.05, 3.63) is 24.3 Å². The van der Waals surface area contributed by atoms with Crippen LogP contribution in [-0.4, -0.2) is 73.4 Å². The van der Waals surface area contributed by atoms with Gasteiger partial charge in [-0.1, -0.05) is 13.0 Å². The van der Waals surface area contributed by atoms with Gasteiger partial charge in [0.25, 0.3) is 0 Å². The lowest BCUT2D eigenvalue weighted by Gasteiger charge is -2.37. The van der Waals surface area contributed by atoms with Crippen LogP contribution in [0.3, 0.4) is 0 Å². The Kier molecular flexibility index (Phi) is 6.67. The van der Waals surface area contributed by atoms with Gasteiger partial charge in [0.2, 0.25) is 0 Å². The van der Waals surface area contributed by atoms with Gasteiger partial charge in [0, 0.05) is 38.8 Å². The summed E-state index contributed by atoms with van der Waals surface area (Å²) in [5.41, 5.74) is 0. The maximum Gasteiger partial charge on any atom is 0.320 e. The van der Waals surface area contributed by atoms with Crippen molar-refractivity contribution in [2.24, 2.45) is 0 Å². The summed E-state index contributed by atoms with van der Waals surface area (Å²) in [4.78, 5) is 15.6. The Labute approximate surface area is 137 Å². The van der Waals surface area contributed by atoms with E-state index in [2.05, 4.69) is 9.80 Å². The van der Waals surface area contributed by atoms with Gasteiger partial charge in [0.1, 0.15) is 24.1 Å². The van der Waals surface area contributed by atoms with Crippen LogP contribution in [0.25, 0.3) is 0 Å². The van der Waals surface area contributed by atoms with Crippen LogP contribution < -0.4 is 9.47 Å². The highest BCUT2D eigenvalue weighted by Crippen LogP contribution is 2.18. The molecule has 1 atom stereocenters. The van der Waals surface area contributed by atoms with Crippen LogP contribution >= 0.6 is 0 Å². The molecule has 6 heteroatoms. The van der Waals surface area contributed by atoms with Gasteiger partial charge in [-0.25, -0.2) is 0 Å². The SMILES string of the molecule is CCC(C(=O)O)N1CCN(CCOc2cccc(OC)c2)CC1. The maximum absolute atomic E-state index is 11.2. The van der Waals surface area contributed by atoms with E-state index in [1.54, 1.807) is 7.11 Å². The van der Waals surface area contributed by atoms with Gasteiger partial charge in [-0.2, -0.15) is 0 Å². The Morgan fingerprint density at radius 2 is 1.96 bits per heavy atom. The van der Waals surface area contributed by atoms with Crippen LogP contribution in [0.2, 0.25) is 0 Å². The van der Waals surface area contributed by atoms with Gasteiger partial charge in [0.05, 0.1) is 7.11 Å². The maximum atomic E-state index is 11.2. The number of carboxylic acid groups (broad SMARTS) is 1. The summed E-state index contributed by atoms with van der Waals surface area (Å²) in [5, 5.41) is 9.22. The molecule has 1 aromatic rings. The number of carbonyl (C=O) groups is 1. The Balaban J connectivity index is 1.71. The van der Waals surface area contributed by atoms with Gasteiger partial charge in [-0.3, -0.25) is 14.6 Å². The third kappa shape index (κ3) is 5.11. The van der Waals surface area contributed by atoms with Gasteiger partial charge in [-0.15, -0.1) is 0 Å². The summed E-state index contributed by atoms with van der Waals surface area (Å²) in [5.74, 6) is 0.873. The average molecular weight is 322 g/mol. The number of benzene rings is 1. The smallest absolute Gasteiger partial charge is 0.320 e. The van der Waals surface area contributed by atoms with Crippen molar-refractivity contribution >= 4 is 5.97 Å². The molecule has 1 saturated heterocycles. The van der Waals surface area contributed by atoms with E-state index >= 15 is 0 Å². The zero-order valence-corrected chi connectivity index (χ0v) is 13.9. The first-order valence-electron chi connectivity index (χ1n) is 8.10. The molecule has 1 aliphatic rings. The lowest BCUT2D eigenvalue weighted by molar-refractivity contribution is -0.144. The first kappa shape index (κ1) is 17.6. The summed E-state index contributed by atoms with van der Waals surface area (Å²) in [7, 11) is 1.64. The van der Waals surface area contributed by atoms with Crippen LogP contribution in [0, 0.1) is 0 Å². The molecule has 0 saturated carbocycles. The number of ether oxygens (including phenoxy) is 2. The summed E-state index contributed by atoms with van der Waals surface area (Å²) in [6, 6.07) is 7.23. The standard InChI is InChI=1S/C17H26N2O4/c1-3-16(17(20)21)19-9-7-18(8-10-19)11-12-23-15-6-4-5-14(13-15)22-2/h4-6,13,16H,3,7-12H2,1-2H3,(H,20,21). The molecule has 128 valence electrons. The number of hydrogen-bond acceptors (Lipinski definition) is 5. The first-order valence-corrected chi connectivity index (χ1v) is 8.10. The average Bonchev–Trinajstić information content (AvgIpc) is 2.57. The first-order chi connectivity index (χ1) is 11.1. The summed E-state index contributed by atoms with van der Waals surface area (Å²) in [6.45, 7) is 6.73. The lowest BCUT2D eigenvalue weighted by atomic mass is 10.1. The summed E-state index contributed by atoms with van der Waals surface area (Å²) in [6.07, 6.45) is 0.647. The van der Waals surface area contributed by atoms with E-state index in [1.165, 1.54) is 0 Å². The van der Waals surface area contributed by atoms with Crippen LogP contribution in [0.4, 0.5) is 0 Å². The fourth-order valence-electron chi connectivity index (χ4n) is 2.87. The molecule has 1 aliphatic heterocycles. The molecular weight excluding hydrogens is 296 g/mol. The molecule has 0 amide bonds. The Morgan fingerprint density at radius 3 is 2.57 bits per heavy atom. The third-order valence-electron chi connectivity index (χ3n) is 4.24. The van der Waals surface area contributed by atoms with Crippen molar-refractivity contribution in [1.29, 1.82) is 0 Å². The quantitative estimate of drug-likeness (QED) is 0.784. The monoisotopic (exact) mass is 322 g/mol. The number of nitrogens with zero attached hydrogens (tertiary/aromatic N) is 2. The predicted molar refractivity (Wildman–Crippen MR) is 88.2 cm³/mol. The van der Waals surface area contributed by atoms with Gasteiger partial charge in [0.15, 0.2) is 0 Å². The summed E-state index contributed by atoms with van der Waals surface area (Å²) < 4.78 is 10.9. The largest absolute Gasteiger partial charge is 0.497 e. The Morgan fingerprint density at radius 1 is 1.26 bits per heavy atom. The van der Waals surface area contributed by atoms with Crippen LogP contribution in [-0.2, 0) is 4.79 Å². The number of carboxylic acids is 1. The van der Waals surface area contributed by atoms with E-state index in [4.69, 9.17) is 9.47 Å². The molecule has 23 heavy (non-hydrogen) atoms. The van der Waals surface area contributed by atoms with Gasteiger partial charge < -0.3 is 14.6 Å². The van der Waals surface area contributed by atoms with E-state index in [-0.39, 0.29) is 6.04 Å². The highest BCUT2D eigenvalue weighted by atomic mass is 16.5. The minimum atomic E-state index is -0.720. The third-order valence-corrected chi connectivity index (χ3v) is 4.24. The fraction of sp³-hybridized carbons (Fsp3) is 0.588. The molecule has 0 aliphatic carbocycles. The molecule has 1 heterocycles. The van der Waals surface area contributed by atoms with Crippen molar-refractivity contribution in [3.8, 4) is 11.5 Å². The van der Waals surface area contributed by atoms with E-state index < -0.39 is 5.97 Å². The van der Waals surface area contributed by atoms with Crippen molar-refractivity contribution in [3.63, 3.8) is 0 Å². The molecule has 0 aromatic heterocycles. The topological polar surface area (TPSA) is 62.2 Å². The number of rotatable bonds is 8. The highest BCUT2D eigenvalue weighted by molar-refractivity contribution is 5.73. The van der Waals surface area contributed by atoms with Crippen LogP contribution in [0.15, 0.2) is 24.3 Å². The zero-order valence-electron chi connectivity index (χ0n) is 13.9. The minimum Gasteiger partial charge on any atom is -0.497 e. The molecule has 2 rings (SSSR count).